The molecule has 2 aromatic carbocycles. The maximum Gasteiger partial charge on any atom is 0.240 e. The summed E-state index contributed by atoms with van der Waals surface area (Å²) in [7, 11) is 0. The number of hydrogen-bond donors (Lipinski definition) is 0. The molecule has 3 rings (SSSR count). The van der Waals surface area contributed by atoms with Crippen LogP contribution in [0.3, 0.4) is 0 Å². The zero-order valence-corrected chi connectivity index (χ0v) is 17.2. The summed E-state index contributed by atoms with van der Waals surface area (Å²) in [6, 6.07) is 20.0. The van der Waals surface area contributed by atoms with Crippen molar-refractivity contribution in [2.24, 2.45) is 0 Å². The highest BCUT2D eigenvalue weighted by molar-refractivity contribution is 8.00. The molecule has 1 unspecified atom stereocenters. The van der Waals surface area contributed by atoms with Gasteiger partial charge in [-0.25, -0.2) is 4.98 Å². The third-order valence-electron chi connectivity index (χ3n) is 4.60. The lowest BCUT2D eigenvalue weighted by atomic mass is 10.1. The number of hydrogen-bond acceptors (Lipinski definition) is 4. The molecule has 0 saturated carbocycles. The number of nitrogens with zero attached hydrogens (tertiary/aromatic N) is 3. The lowest BCUT2D eigenvalue weighted by molar-refractivity contribution is -0.117. The smallest absolute Gasteiger partial charge is 0.240 e. The summed E-state index contributed by atoms with van der Waals surface area (Å²) in [5, 5.41) is 10.6. The Hall–Kier alpha value is -2.84. The highest BCUT2D eigenvalue weighted by Crippen LogP contribution is 2.28. The van der Waals surface area contributed by atoms with Gasteiger partial charge >= 0.3 is 0 Å². The second kappa shape index (κ2) is 8.90. The predicted octanol–water partition coefficient (Wildman–Crippen LogP) is 5.28. The van der Waals surface area contributed by atoms with Gasteiger partial charge in [-0.3, -0.25) is 4.79 Å². The minimum atomic E-state index is -0.312. The van der Waals surface area contributed by atoms with E-state index in [-0.39, 0.29) is 11.2 Å². The van der Waals surface area contributed by atoms with Gasteiger partial charge in [0.2, 0.25) is 5.91 Å². The minimum Gasteiger partial charge on any atom is -0.310 e. The molecular weight excluding hydrogens is 366 g/mol. The van der Waals surface area contributed by atoms with Crippen LogP contribution in [0, 0.1) is 25.2 Å². The summed E-state index contributed by atoms with van der Waals surface area (Å²) in [5.41, 5.74) is 4.03. The number of amides is 1. The number of anilines is 1. The predicted molar refractivity (Wildman–Crippen MR) is 116 cm³/mol. The summed E-state index contributed by atoms with van der Waals surface area (Å²) in [5.74, 6) is -0.0169. The van der Waals surface area contributed by atoms with Gasteiger partial charge < -0.3 is 4.90 Å². The van der Waals surface area contributed by atoms with Crippen molar-refractivity contribution < 1.29 is 4.79 Å². The lowest BCUT2D eigenvalue weighted by Crippen LogP contribution is -2.37. The van der Waals surface area contributed by atoms with Gasteiger partial charge in [-0.2, -0.15) is 5.26 Å². The molecule has 1 amide bonds. The summed E-state index contributed by atoms with van der Waals surface area (Å²) < 4.78 is 0. The molecule has 0 aliphatic rings. The van der Waals surface area contributed by atoms with Crippen molar-refractivity contribution in [3.05, 3.63) is 65.7 Å². The number of aryl methyl sites for hydroxylation is 2. The lowest BCUT2D eigenvalue weighted by Gasteiger charge is -2.25. The zero-order chi connectivity index (χ0) is 20.1. The van der Waals surface area contributed by atoms with Gasteiger partial charge in [-0.15, -0.1) is 0 Å². The zero-order valence-electron chi connectivity index (χ0n) is 16.3. The van der Waals surface area contributed by atoms with Crippen molar-refractivity contribution in [3.63, 3.8) is 0 Å². The molecule has 3 aromatic rings. The number of nitriles is 1. The first-order chi connectivity index (χ1) is 13.5. The molecule has 0 radical (unpaired) electrons. The van der Waals surface area contributed by atoms with E-state index in [1.807, 2.05) is 62.4 Å². The van der Waals surface area contributed by atoms with Crippen molar-refractivity contribution in [1.29, 1.82) is 5.26 Å². The van der Waals surface area contributed by atoms with Crippen LogP contribution in [0.4, 0.5) is 5.69 Å². The first kappa shape index (κ1) is 19.9. The molecule has 0 fully saturated rings. The summed E-state index contributed by atoms with van der Waals surface area (Å²) in [6.07, 6.45) is 0.296. The van der Waals surface area contributed by atoms with E-state index in [0.717, 1.165) is 32.7 Å². The Bertz CT molecular complexity index is 1020. The fourth-order valence-electron chi connectivity index (χ4n) is 3.08. The highest BCUT2D eigenvalue weighted by Gasteiger charge is 2.23. The molecule has 0 saturated heterocycles. The average molecular weight is 390 g/mol. The van der Waals surface area contributed by atoms with Crippen molar-refractivity contribution in [2.45, 2.75) is 37.5 Å². The fourth-order valence-corrected chi connectivity index (χ4v) is 4.07. The van der Waals surface area contributed by atoms with Gasteiger partial charge in [0.05, 0.1) is 28.3 Å². The third kappa shape index (κ3) is 4.52. The standard InChI is InChI=1S/C23H23N3OS/c1-16-9-11-19(12-10-16)26(14-6-13-24)23(27)18(3)28-22-15-17(2)20-7-4-5-8-21(20)25-22/h4-5,7-12,15,18H,6,14H2,1-3H3. The Morgan fingerprint density at radius 1 is 1.18 bits per heavy atom. The number of carbonyl (C=O) groups is 1. The molecule has 0 aliphatic heterocycles. The van der Waals surface area contributed by atoms with Gasteiger partial charge in [0.15, 0.2) is 0 Å². The van der Waals surface area contributed by atoms with E-state index in [1.54, 1.807) is 4.90 Å². The molecule has 0 spiro atoms. The summed E-state index contributed by atoms with van der Waals surface area (Å²) in [4.78, 5) is 19.6. The quantitative estimate of drug-likeness (QED) is 0.538. The molecule has 1 atom stereocenters. The van der Waals surface area contributed by atoms with Crippen LogP contribution in [0.5, 0.6) is 0 Å². The van der Waals surface area contributed by atoms with E-state index >= 15 is 0 Å². The maximum atomic E-state index is 13.2. The first-order valence-electron chi connectivity index (χ1n) is 9.27. The molecule has 1 aromatic heterocycles. The van der Waals surface area contributed by atoms with Crippen LogP contribution in [-0.2, 0) is 4.79 Å². The van der Waals surface area contributed by atoms with Crippen LogP contribution >= 0.6 is 11.8 Å². The summed E-state index contributed by atoms with van der Waals surface area (Å²) in [6.45, 7) is 6.35. The van der Waals surface area contributed by atoms with Crippen LogP contribution in [0.2, 0.25) is 0 Å². The molecule has 4 nitrogen and oxygen atoms in total. The Morgan fingerprint density at radius 2 is 1.89 bits per heavy atom. The van der Waals surface area contributed by atoms with Gasteiger partial charge in [-0.05, 0) is 50.6 Å². The molecule has 1 heterocycles. The van der Waals surface area contributed by atoms with Crippen LogP contribution in [0.25, 0.3) is 10.9 Å². The van der Waals surface area contributed by atoms with Crippen LogP contribution in [0.1, 0.15) is 24.5 Å². The van der Waals surface area contributed by atoms with E-state index in [9.17, 15) is 4.79 Å². The third-order valence-corrected chi connectivity index (χ3v) is 5.61. The van der Waals surface area contributed by atoms with E-state index in [1.165, 1.54) is 11.8 Å². The number of pyridine rings is 1. The minimum absolute atomic E-state index is 0.0169. The fraction of sp³-hybridized carbons (Fsp3) is 0.261. The Balaban J connectivity index is 1.83. The average Bonchev–Trinajstić information content (AvgIpc) is 2.69. The van der Waals surface area contributed by atoms with E-state index in [0.29, 0.717) is 13.0 Å². The number of rotatable bonds is 6. The molecule has 28 heavy (non-hydrogen) atoms. The second-order valence-electron chi connectivity index (χ2n) is 6.79. The van der Waals surface area contributed by atoms with E-state index in [2.05, 4.69) is 19.1 Å². The number of aromatic nitrogens is 1. The topological polar surface area (TPSA) is 57.0 Å². The van der Waals surface area contributed by atoms with Crippen molar-refractivity contribution in [2.75, 3.05) is 11.4 Å². The Kier molecular flexibility index (Phi) is 6.33. The molecule has 5 heteroatoms. The summed E-state index contributed by atoms with van der Waals surface area (Å²) >= 11 is 1.46. The first-order valence-corrected chi connectivity index (χ1v) is 10.2. The molecule has 142 valence electrons. The SMILES string of the molecule is Cc1ccc(N(CCC#N)C(=O)C(C)Sc2cc(C)c3ccccc3n2)cc1. The number of thioether (sulfide) groups is 1. The van der Waals surface area contributed by atoms with Crippen molar-refractivity contribution in [3.8, 4) is 6.07 Å². The molecule has 0 N–H and O–H groups in total. The Morgan fingerprint density at radius 3 is 2.61 bits per heavy atom. The van der Waals surface area contributed by atoms with Crippen molar-refractivity contribution >= 4 is 34.3 Å². The van der Waals surface area contributed by atoms with Crippen molar-refractivity contribution in [1.82, 2.24) is 4.98 Å². The van der Waals surface area contributed by atoms with Crippen LogP contribution in [-0.4, -0.2) is 22.7 Å². The van der Waals surface area contributed by atoms with Crippen LogP contribution in [0.15, 0.2) is 59.6 Å². The monoisotopic (exact) mass is 389 g/mol. The largest absolute Gasteiger partial charge is 0.310 e. The van der Waals surface area contributed by atoms with Crippen LogP contribution < -0.4 is 4.90 Å². The second-order valence-corrected chi connectivity index (χ2v) is 8.15. The normalized spacial score (nSPS) is 11.8. The van der Waals surface area contributed by atoms with E-state index < -0.39 is 0 Å². The van der Waals surface area contributed by atoms with Gasteiger partial charge in [0, 0.05) is 17.6 Å². The number of fused-ring (bicyclic) bond motifs is 1. The maximum absolute atomic E-state index is 13.2. The molecule has 0 bridgehead atoms. The molecular formula is C23H23N3OS. The number of benzene rings is 2. The van der Waals surface area contributed by atoms with Gasteiger partial charge in [0.1, 0.15) is 0 Å². The van der Waals surface area contributed by atoms with E-state index in [4.69, 9.17) is 10.2 Å². The van der Waals surface area contributed by atoms with Gasteiger partial charge in [-0.1, -0.05) is 47.7 Å². The number of carbonyl (C=O) groups excluding carboxylic acids is 1. The molecule has 0 aliphatic carbocycles. The van der Waals surface area contributed by atoms with Gasteiger partial charge in [0.25, 0.3) is 0 Å². The number of para-hydroxylation sites is 1. The highest BCUT2D eigenvalue weighted by atomic mass is 32.2. The Labute approximate surface area is 170 Å².